The molecule has 4 rings (SSSR count). The van der Waals surface area contributed by atoms with Crippen molar-refractivity contribution in [3.63, 3.8) is 0 Å². The summed E-state index contributed by atoms with van der Waals surface area (Å²) in [6, 6.07) is 14.0. The number of imide groups is 1. The van der Waals surface area contributed by atoms with Crippen molar-refractivity contribution in [1.82, 2.24) is 15.2 Å². The van der Waals surface area contributed by atoms with E-state index in [4.69, 9.17) is 4.74 Å². The predicted octanol–water partition coefficient (Wildman–Crippen LogP) is 4.99. The highest BCUT2D eigenvalue weighted by atomic mass is 32.2. The first-order valence-electron chi connectivity index (χ1n) is 11.4. The number of anilines is 1. The first-order valence-corrected chi connectivity index (χ1v) is 12.2. The van der Waals surface area contributed by atoms with Gasteiger partial charge in [-0.2, -0.15) is 13.2 Å². The molecule has 0 radical (unpaired) electrons. The Balaban J connectivity index is 1.42. The molecule has 0 aliphatic carbocycles. The first kappa shape index (κ1) is 27.0. The Morgan fingerprint density at radius 2 is 1.74 bits per heavy atom. The van der Waals surface area contributed by atoms with E-state index in [1.807, 2.05) is 12.1 Å². The SMILES string of the molecule is COc1ccc(CNC(=O)c2cc(CN3C(=O)N(c4ccc(SC(F)(F)F)cc4)C(=O)C3C)ccn2)cc1. The molecule has 8 nitrogen and oxygen atoms in total. The van der Waals surface area contributed by atoms with Crippen LogP contribution in [0.1, 0.15) is 28.5 Å². The summed E-state index contributed by atoms with van der Waals surface area (Å²) in [6.45, 7) is 1.88. The molecule has 1 aliphatic rings. The molecule has 38 heavy (non-hydrogen) atoms. The van der Waals surface area contributed by atoms with Crippen LogP contribution in [0, 0.1) is 0 Å². The molecule has 1 atom stereocenters. The number of alkyl halides is 3. The van der Waals surface area contributed by atoms with Gasteiger partial charge in [-0.25, -0.2) is 9.69 Å². The number of nitrogens with zero attached hydrogens (tertiary/aromatic N) is 3. The average molecular weight is 545 g/mol. The number of urea groups is 1. The number of halogens is 3. The molecule has 3 aromatic rings. The van der Waals surface area contributed by atoms with Crippen LogP contribution in [0.5, 0.6) is 5.75 Å². The number of pyridine rings is 1. The first-order chi connectivity index (χ1) is 18.1. The Hall–Kier alpha value is -4.06. The summed E-state index contributed by atoms with van der Waals surface area (Å²) in [4.78, 5) is 44.9. The summed E-state index contributed by atoms with van der Waals surface area (Å²) in [7, 11) is 1.57. The van der Waals surface area contributed by atoms with Crippen molar-refractivity contribution >= 4 is 35.3 Å². The van der Waals surface area contributed by atoms with E-state index in [0.717, 1.165) is 10.5 Å². The zero-order valence-corrected chi connectivity index (χ0v) is 21.2. The van der Waals surface area contributed by atoms with Crippen LogP contribution in [0.15, 0.2) is 71.8 Å². The van der Waals surface area contributed by atoms with Gasteiger partial charge in [-0.1, -0.05) is 12.1 Å². The Labute approximate surface area is 220 Å². The molecule has 0 bridgehead atoms. The van der Waals surface area contributed by atoms with Gasteiger partial charge in [-0.05, 0) is 78.3 Å². The zero-order valence-electron chi connectivity index (χ0n) is 20.4. The number of benzene rings is 2. The largest absolute Gasteiger partial charge is 0.497 e. The second-order valence-corrected chi connectivity index (χ2v) is 9.52. The lowest BCUT2D eigenvalue weighted by Gasteiger charge is -2.19. The third kappa shape index (κ3) is 6.25. The number of methoxy groups -OCH3 is 1. The Morgan fingerprint density at radius 3 is 2.37 bits per heavy atom. The van der Waals surface area contributed by atoms with Crippen LogP contribution in [0.4, 0.5) is 23.7 Å². The normalized spacial score (nSPS) is 15.7. The van der Waals surface area contributed by atoms with E-state index in [9.17, 15) is 27.6 Å². The zero-order chi connectivity index (χ0) is 27.4. The van der Waals surface area contributed by atoms with Crippen molar-refractivity contribution in [3.8, 4) is 5.75 Å². The molecule has 12 heteroatoms. The van der Waals surface area contributed by atoms with Crippen molar-refractivity contribution in [1.29, 1.82) is 0 Å². The van der Waals surface area contributed by atoms with Gasteiger partial charge in [0.15, 0.2) is 0 Å². The standard InChI is InChI=1S/C26H23F3N4O4S/c1-16-24(35)33(19-5-9-21(10-6-19)38-26(27,28)29)25(36)32(16)15-18-11-12-30-22(13-18)23(34)31-14-17-3-7-20(37-2)8-4-17/h3-13,16H,14-15H2,1-2H3,(H,31,34). The number of carbonyl (C=O) groups excluding carboxylic acids is 3. The smallest absolute Gasteiger partial charge is 0.446 e. The summed E-state index contributed by atoms with van der Waals surface area (Å²) in [5.74, 6) is -0.203. The number of aromatic nitrogens is 1. The molecule has 1 fully saturated rings. The van der Waals surface area contributed by atoms with E-state index in [2.05, 4.69) is 10.3 Å². The Morgan fingerprint density at radius 1 is 1.05 bits per heavy atom. The Bertz CT molecular complexity index is 1330. The van der Waals surface area contributed by atoms with Crippen LogP contribution < -0.4 is 15.0 Å². The van der Waals surface area contributed by atoms with Gasteiger partial charge in [0.05, 0.1) is 12.8 Å². The Kier molecular flexibility index (Phi) is 7.91. The second-order valence-electron chi connectivity index (χ2n) is 8.38. The molecule has 1 aromatic heterocycles. The van der Waals surface area contributed by atoms with E-state index in [-0.39, 0.29) is 41.1 Å². The van der Waals surface area contributed by atoms with Crippen LogP contribution >= 0.6 is 11.8 Å². The maximum atomic E-state index is 13.1. The third-order valence-electron chi connectivity index (χ3n) is 5.83. The number of amides is 4. The van der Waals surface area contributed by atoms with Gasteiger partial charge in [0, 0.05) is 24.2 Å². The molecule has 1 saturated heterocycles. The van der Waals surface area contributed by atoms with Crippen molar-refractivity contribution in [2.24, 2.45) is 0 Å². The van der Waals surface area contributed by atoms with Gasteiger partial charge >= 0.3 is 11.5 Å². The predicted molar refractivity (Wildman–Crippen MR) is 135 cm³/mol. The lowest BCUT2D eigenvalue weighted by molar-refractivity contribution is -0.119. The van der Waals surface area contributed by atoms with Crippen LogP contribution in [-0.2, 0) is 17.9 Å². The fourth-order valence-electron chi connectivity index (χ4n) is 3.86. The van der Waals surface area contributed by atoms with Crippen molar-refractivity contribution in [2.75, 3.05) is 12.0 Å². The molecule has 0 saturated carbocycles. The fourth-order valence-corrected chi connectivity index (χ4v) is 4.40. The summed E-state index contributed by atoms with van der Waals surface area (Å²) in [6.07, 6.45) is 1.44. The highest BCUT2D eigenvalue weighted by Crippen LogP contribution is 2.38. The summed E-state index contributed by atoms with van der Waals surface area (Å²) in [5, 5.41) is 2.79. The molecule has 2 heterocycles. The third-order valence-corrected chi connectivity index (χ3v) is 6.57. The number of rotatable bonds is 8. The second kappa shape index (κ2) is 11.1. The quantitative estimate of drug-likeness (QED) is 0.317. The van der Waals surface area contributed by atoms with E-state index >= 15 is 0 Å². The summed E-state index contributed by atoms with van der Waals surface area (Å²) >= 11 is -0.279. The van der Waals surface area contributed by atoms with Crippen molar-refractivity contribution in [2.45, 2.75) is 36.5 Å². The minimum Gasteiger partial charge on any atom is -0.497 e. The number of hydrogen-bond acceptors (Lipinski definition) is 6. The number of ether oxygens (including phenoxy) is 1. The molecule has 2 aromatic carbocycles. The topological polar surface area (TPSA) is 91.8 Å². The van der Waals surface area contributed by atoms with Gasteiger partial charge in [-0.15, -0.1) is 0 Å². The van der Waals surface area contributed by atoms with Crippen LogP contribution in [-0.4, -0.2) is 46.4 Å². The van der Waals surface area contributed by atoms with Crippen molar-refractivity contribution in [3.05, 3.63) is 83.7 Å². The van der Waals surface area contributed by atoms with Crippen LogP contribution in [0.2, 0.25) is 0 Å². The summed E-state index contributed by atoms with van der Waals surface area (Å²) in [5.41, 5.74) is -2.66. The number of thioether (sulfide) groups is 1. The van der Waals surface area contributed by atoms with Gasteiger partial charge in [-0.3, -0.25) is 14.6 Å². The molecule has 1 unspecified atom stereocenters. The van der Waals surface area contributed by atoms with E-state index in [0.29, 0.717) is 11.3 Å². The lowest BCUT2D eigenvalue weighted by Crippen LogP contribution is -2.33. The molecule has 4 amide bonds. The number of nitrogens with one attached hydrogen (secondary N) is 1. The minimum atomic E-state index is -4.44. The van der Waals surface area contributed by atoms with E-state index in [1.165, 1.54) is 35.4 Å². The van der Waals surface area contributed by atoms with Gasteiger partial charge in [0.1, 0.15) is 17.5 Å². The van der Waals surface area contributed by atoms with Gasteiger partial charge in [0.2, 0.25) is 0 Å². The van der Waals surface area contributed by atoms with Gasteiger partial charge < -0.3 is 15.0 Å². The minimum absolute atomic E-state index is 0.0333. The van der Waals surface area contributed by atoms with Crippen molar-refractivity contribution < 1.29 is 32.3 Å². The number of carbonyl (C=O) groups is 3. The van der Waals surface area contributed by atoms with Gasteiger partial charge in [0.25, 0.3) is 11.8 Å². The number of hydrogen-bond donors (Lipinski definition) is 1. The molecule has 0 spiro atoms. The highest BCUT2D eigenvalue weighted by Gasteiger charge is 2.43. The molecule has 1 aliphatic heterocycles. The van der Waals surface area contributed by atoms with E-state index < -0.39 is 29.4 Å². The maximum absolute atomic E-state index is 13.1. The van der Waals surface area contributed by atoms with E-state index in [1.54, 1.807) is 38.3 Å². The van der Waals surface area contributed by atoms with Crippen LogP contribution in [0.3, 0.4) is 0 Å². The lowest BCUT2D eigenvalue weighted by atomic mass is 10.2. The molecular weight excluding hydrogens is 521 g/mol. The molecular formula is C26H23F3N4O4S. The molecule has 198 valence electrons. The molecule has 1 N–H and O–H groups in total. The van der Waals surface area contributed by atoms with Crippen LogP contribution in [0.25, 0.3) is 0 Å². The summed E-state index contributed by atoms with van der Waals surface area (Å²) < 4.78 is 42.9. The monoisotopic (exact) mass is 544 g/mol. The highest BCUT2D eigenvalue weighted by molar-refractivity contribution is 8.00. The fraction of sp³-hybridized carbons (Fsp3) is 0.231. The maximum Gasteiger partial charge on any atom is 0.446 e. The average Bonchev–Trinajstić information content (AvgIpc) is 3.10.